The summed E-state index contributed by atoms with van der Waals surface area (Å²) >= 11 is 0. The number of hydrogen-bond acceptors (Lipinski definition) is 5. The Morgan fingerprint density at radius 3 is 2.96 bits per heavy atom. The average molecular weight is 322 g/mol. The van der Waals surface area contributed by atoms with Crippen LogP contribution in [-0.2, 0) is 0 Å². The van der Waals surface area contributed by atoms with Gasteiger partial charge in [-0.15, -0.1) is 5.10 Å². The molecule has 1 amide bonds. The molecule has 1 aliphatic rings. The van der Waals surface area contributed by atoms with Gasteiger partial charge in [0, 0.05) is 18.8 Å². The lowest BCUT2D eigenvalue weighted by molar-refractivity contribution is 0.102. The number of carbonyl (C=O) groups is 1. The van der Waals surface area contributed by atoms with Gasteiger partial charge in [-0.05, 0) is 44.0 Å². The van der Waals surface area contributed by atoms with Crippen LogP contribution in [0.1, 0.15) is 30.3 Å². The largest absolute Gasteiger partial charge is 0.352 e. The standard InChI is InChI=1S/C17H18N6O/c1-12-4-3-9-22(12)16-7-6-15-19-11-14(23(15)21-16)17(24)20-13-5-2-8-18-10-13/h2,5-8,10-12H,3-4,9H2,1H3,(H,20,24)/t12-/m0/s1. The molecule has 0 saturated carbocycles. The zero-order valence-electron chi connectivity index (χ0n) is 13.4. The lowest BCUT2D eigenvalue weighted by Crippen LogP contribution is -2.28. The van der Waals surface area contributed by atoms with E-state index in [-0.39, 0.29) is 5.91 Å². The number of pyridine rings is 1. The third-order valence-electron chi connectivity index (χ3n) is 4.35. The van der Waals surface area contributed by atoms with Crippen LogP contribution in [0.4, 0.5) is 11.5 Å². The molecule has 1 aliphatic heterocycles. The normalized spacial score (nSPS) is 17.4. The molecular weight excluding hydrogens is 304 g/mol. The van der Waals surface area contributed by atoms with Gasteiger partial charge in [-0.25, -0.2) is 9.50 Å². The highest BCUT2D eigenvalue weighted by atomic mass is 16.2. The van der Waals surface area contributed by atoms with E-state index in [0.717, 1.165) is 18.8 Å². The fourth-order valence-corrected chi connectivity index (χ4v) is 3.08. The maximum absolute atomic E-state index is 12.5. The Kier molecular flexibility index (Phi) is 3.60. The molecule has 1 saturated heterocycles. The molecule has 1 atom stereocenters. The number of anilines is 2. The van der Waals surface area contributed by atoms with E-state index in [9.17, 15) is 4.79 Å². The Labute approximate surface area is 139 Å². The molecule has 7 heteroatoms. The van der Waals surface area contributed by atoms with Crippen LogP contribution in [0.15, 0.2) is 42.9 Å². The van der Waals surface area contributed by atoms with E-state index >= 15 is 0 Å². The van der Waals surface area contributed by atoms with E-state index in [0.29, 0.717) is 23.1 Å². The van der Waals surface area contributed by atoms with Gasteiger partial charge in [0.15, 0.2) is 11.3 Å². The second-order valence-corrected chi connectivity index (χ2v) is 5.99. The average Bonchev–Trinajstić information content (AvgIpc) is 3.21. The smallest absolute Gasteiger partial charge is 0.276 e. The summed E-state index contributed by atoms with van der Waals surface area (Å²) in [5, 5.41) is 7.45. The summed E-state index contributed by atoms with van der Waals surface area (Å²) < 4.78 is 1.60. The zero-order chi connectivity index (χ0) is 16.5. The summed E-state index contributed by atoms with van der Waals surface area (Å²) in [4.78, 5) is 23.1. The monoisotopic (exact) mass is 322 g/mol. The summed E-state index contributed by atoms with van der Waals surface area (Å²) in [5.41, 5.74) is 1.70. The Bertz CT molecular complexity index is 875. The van der Waals surface area contributed by atoms with Crippen LogP contribution < -0.4 is 10.2 Å². The van der Waals surface area contributed by atoms with Gasteiger partial charge < -0.3 is 10.2 Å². The van der Waals surface area contributed by atoms with Crippen molar-refractivity contribution in [2.45, 2.75) is 25.8 Å². The highest BCUT2D eigenvalue weighted by molar-refractivity contribution is 6.03. The van der Waals surface area contributed by atoms with Gasteiger partial charge in [0.2, 0.25) is 0 Å². The van der Waals surface area contributed by atoms with Crippen molar-refractivity contribution in [2.75, 3.05) is 16.8 Å². The van der Waals surface area contributed by atoms with E-state index in [1.54, 1.807) is 35.2 Å². The van der Waals surface area contributed by atoms with Crippen LogP contribution in [0.25, 0.3) is 5.65 Å². The molecule has 0 radical (unpaired) electrons. The number of amides is 1. The first-order valence-corrected chi connectivity index (χ1v) is 8.05. The zero-order valence-corrected chi connectivity index (χ0v) is 13.4. The van der Waals surface area contributed by atoms with Crippen molar-refractivity contribution in [3.8, 4) is 0 Å². The number of nitrogens with one attached hydrogen (secondary N) is 1. The maximum atomic E-state index is 12.5. The molecule has 122 valence electrons. The van der Waals surface area contributed by atoms with Crippen molar-refractivity contribution in [1.82, 2.24) is 19.6 Å². The fourth-order valence-electron chi connectivity index (χ4n) is 3.08. The second kappa shape index (κ2) is 5.92. The van der Waals surface area contributed by atoms with Gasteiger partial charge >= 0.3 is 0 Å². The molecule has 24 heavy (non-hydrogen) atoms. The minimum Gasteiger partial charge on any atom is -0.352 e. The van der Waals surface area contributed by atoms with Gasteiger partial charge in [-0.2, -0.15) is 0 Å². The second-order valence-electron chi connectivity index (χ2n) is 5.99. The molecule has 0 aliphatic carbocycles. The lowest BCUT2D eigenvalue weighted by atomic mass is 10.2. The molecule has 3 aromatic heterocycles. The highest BCUT2D eigenvalue weighted by Gasteiger charge is 2.23. The molecule has 1 N–H and O–H groups in total. The van der Waals surface area contributed by atoms with Crippen molar-refractivity contribution in [1.29, 1.82) is 0 Å². The van der Waals surface area contributed by atoms with Crippen LogP contribution in [0.3, 0.4) is 0 Å². The molecule has 0 spiro atoms. The van der Waals surface area contributed by atoms with E-state index < -0.39 is 0 Å². The minimum atomic E-state index is -0.255. The first-order chi connectivity index (χ1) is 11.7. The summed E-state index contributed by atoms with van der Waals surface area (Å²) in [6, 6.07) is 7.89. The van der Waals surface area contributed by atoms with E-state index in [1.807, 2.05) is 12.1 Å². The van der Waals surface area contributed by atoms with Gasteiger partial charge in [-0.1, -0.05) is 0 Å². The Balaban J connectivity index is 1.67. The third kappa shape index (κ3) is 2.58. The number of hydrogen-bond donors (Lipinski definition) is 1. The molecular formula is C17H18N6O. The molecule has 4 rings (SSSR count). The molecule has 1 fully saturated rings. The van der Waals surface area contributed by atoms with E-state index in [2.05, 4.69) is 32.2 Å². The summed E-state index contributed by atoms with van der Waals surface area (Å²) in [7, 11) is 0. The number of rotatable bonds is 3. The van der Waals surface area contributed by atoms with E-state index in [4.69, 9.17) is 0 Å². The quantitative estimate of drug-likeness (QED) is 0.801. The lowest BCUT2D eigenvalue weighted by Gasteiger charge is -2.22. The third-order valence-corrected chi connectivity index (χ3v) is 4.35. The highest BCUT2D eigenvalue weighted by Crippen LogP contribution is 2.23. The number of carbonyl (C=O) groups excluding carboxylic acids is 1. The SMILES string of the molecule is C[C@H]1CCCN1c1ccc2ncc(C(=O)Nc3cccnc3)n2n1. The van der Waals surface area contributed by atoms with Crippen LogP contribution in [0.5, 0.6) is 0 Å². The van der Waals surface area contributed by atoms with Crippen LogP contribution >= 0.6 is 0 Å². The van der Waals surface area contributed by atoms with Crippen molar-refractivity contribution in [3.05, 3.63) is 48.5 Å². The Morgan fingerprint density at radius 2 is 2.21 bits per heavy atom. The number of aromatic nitrogens is 4. The number of nitrogens with zero attached hydrogens (tertiary/aromatic N) is 5. The van der Waals surface area contributed by atoms with Crippen molar-refractivity contribution in [2.24, 2.45) is 0 Å². The Hall–Kier alpha value is -2.96. The van der Waals surface area contributed by atoms with Gasteiger partial charge in [-0.3, -0.25) is 9.78 Å². The van der Waals surface area contributed by atoms with Gasteiger partial charge in [0.05, 0.1) is 18.1 Å². The minimum absolute atomic E-state index is 0.255. The van der Waals surface area contributed by atoms with Gasteiger partial charge in [0.25, 0.3) is 5.91 Å². The molecule has 0 bridgehead atoms. The van der Waals surface area contributed by atoms with Crippen LogP contribution in [0, 0.1) is 0 Å². The van der Waals surface area contributed by atoms with Crippen molar-refractivity contribution in [3.63, 3.8) is 0 Å². The van der Waals surface area contributed by atoms with Crippen molar-refractivity contribution >= 4 is 23.1 Å². The van der Waals surface area contributed by atoms with Crippen molar-refractivity contribution < 1.29 is 4.79 Å². The summed E-state index contributed by atoms with van der Waals surface area (Å²) in [6.45, 7) is 3.19. The molecule has 4 heterocycles. The molecule has 3 aromatic rings. The van der Waals surface area contributed by atoms with Crippen LogP contribution in [-0.4, -0.2) is 38.1 Å². The predicted molar refractivity (Wildman–Crippen MR) is 91.2 cm³/mol. The molecule has 0 aromatic carbocycles. The maximum Gasteiger partial charge on any atom is 0.276 e. The first-order valence-electron chi connectivity index (χ1n) is 8.05. The topological polar surface area (TPSA) is 75.4 Å². The summed E-state index contributed by atoms with van der Waals surface area (Å²) in [6.07, 6.45) is 7.14. The van der Waals surface area contributed by atoms with E-state index in [1.165, 1.54) is 6.42 Å². The number of fused-ring (bicyclic) bond motifs is 1. The van der Waals surface area contributed by atoms with Gasteiger partial charge in [0.1, 0.15) is 5.82 Å². The first kappa shape index (κ1) is 14.6. The summed E-state index contributed by atoms with van der Waals surface area (Å²) in [5.74, 6) is 0.621. The molecule has 0 unspecified atom stereocenters. The molecule has 7 nitrogen and oxygen atoms in total. The number of imidazole rings is 1. The predicted octanol–water partition coefficient (Wildman–Crippen LogP) is 2.37. The fraction of sp³-hybridized carbons (Fsp3) is 0.294. The Morgan fingerprint density at radius 1 is 1.29 bits per heavy atom. The van der Waals surface area contributed by atoms with Crippen LogP contribution in [0.2, 0.25) is 0 Å².